The van der Waals surface area contributed by atoms with Gasteiger partial charge in [0.2, 0.25) is 0 Å². The van der Waals surface area contributed by atoms with Crippen molar-refractivity contribution in [1.29, 1.82) is 0 Å². The van der Waals surface area contributed by atoms with Gasteiger partial charge in [0.25, 0.3) is 5.91 Å². The highest BCUT2D eigenvalue weighted by Crippen LogP contribution is 2.20. The first-order chi connectivity index (χ1) is 10.1. The van der Waals surface area contributed by atoms with Gasteiger partial charge in [-0.15, -0.1) is 0 Å². The van der Waals surface area contributed by atoms with Crippen LogP contribution in [0.5, 0.6) is 0 Å². The number of benzene rings is 1. The molecule has 0 aliphatic carbocycles. The summed E-state index contributed by atoms with van der Waals surface area (Å²) in [6, 6.07) is 7.19. The Balaban J connectivity index is 2.20. The number of nitrogens with zero attached hydrogens (tertiary/aromatic N) is 1. The Labute approximate surface area is 127 Å². The highest BCUT2D eigenvalue weighted by Gasteiger charge is 2.12. The first kappa shape index (κ1) is 15.3. The molecule has 0 bridgehead atoms. The molecule has 110 valence electrons. The van der Waals surface area contributed by atoms with Crippen LogP contribution < -0.4 is 10.6 Å². The number of rotatable bonds is 5. The number of halogens is 2. The molecule has 1 heterocycles. The summed E-state index contributed by atoms with van der Waals surface area (Å²) in [5, 5.41) is 5.92. The smallest absolute Gasteiger partial charge is 0.259 e. The fraction of sp³-hybridized carbons (Fsp3) is 0.200. The summed E-state index contributed by atoms with van der Waals surface area (Å²) in [6.07, 6.45) is 2.52. The molecular weight excluding hydrogens is 293 g/mol. The minimum atomic E-state index is -0.506. The summed E-state index contributed by atoms with van der Waals surface area (Å²) in [5.41, 5.74) is 0.696. The molecule has 6 heteroatoms. The first-order valence-corrected chi connectivity index (χ1v) is 6.94. The molecule has 0 atom stereocenters. The maximum absolute atomic E-state index is 13.3. The van der Waals surface area contributed by atoms with Crippen LogP contribution in [0.15, 0.2) is 36.5 Å². The van der Waals surface area contributed by atoms with Crippen molar-refractivity contribution >= 4 is 29.0 Å². The Morgan fingerprint density at radius 1 is 1.38 bits per heavy atom. The molecular formula is C15H15ClFN3O. The van der Waals surface area contributed by atoms with Gasteiger partial charge in [-0.3, -0.25) is 4.79 Å². The summed E-state index contributed by atoms with van der Waals surface area (Å²) in [5.74, 6) is -0.379. The second kappa shape index (κ2) is 7.04. The third kappa shape index (κ3) is 4.16. The molecule has 0 saturated heterocycles. The van der Waals surface area contributed by atoms with Crippen LogP contribution in [0.2, 0.25) is 5.02 Å². The van der Waals surface area contributed by atoms with Crippen molar-refractivity contribution in [1.82, 2.24) is 4.98 Å². The number of anilines is 2. The molecule has 0 saturated carbocycles. The van der Waals surface area contributed by atoms with Crippen LogP contribution in [-0.2, 0) is 0 Å². The number of amides is 1. The van der Waals surface area contributed by atoms with Crippen molar-refractivity contribution in [2.24, 2.45) is 0 Å². The highest BCUT2D eigenvalue weighted by molar-refractivity contribution is 6.31. The lowest BCUT2D eigenvalue weighted by Crippen LogP contribution is -2.16. The second-order valence-corrected chi connectivity index (χ2v) is 4.88. The Morgan fingerprint density at radius 2 is 2.19 bits per heavy atom. The topological polar surface area (TPSA) is 54.0 Å². The number of aromatic nitrogens is 1. The Bertz CT molecular complexity index is 628. The van der Waals surface area contributed by atoms with E-state index in [2.05, 4.69) is 15.6 Å². The summed E-state index contributed by atoms with van der Waals surface area (Å²) >= 11 is 5.76. The average molecular weight is 308 g/mol. The van der Waals surface area contributed by atoms with Gasteiger partial charge in [0.15, 0.2) is 0 Å². The van der Waals surface area contributed by atoms with Crippen LogP contribution in [-0.4, -0.2) is 17.4 Å². The zero-order valence-electron chi connectivity index (χ0n) is 11.5. The molecule has 2 aromatic rings. The molecule has 1 aromatic heterocycles. The molecule has 2 rings (SSSR count). The number of hydrogen-bond acceptors (Lipinski definition) is 3. The molecule has 21 heavy (non-hydrogen) atoms. The van der Waals surface area contributed by atoms with Gasteiger partial charge in [0.05, 0.1) is 5.56 Å². The Kier molecular flexibility index (Phi) is 5.11. The number of hydrogen-bond donors (Lipinski definition) is 2. The number of nitrogens with one attached hydrogen (secondary N) is 2. The first-order valence-electron chi connectivity index (χ1n) is 6.56. The molecule has 0 unspecified atom stereocenters. The van der Waals surface area contributed by atoms with Crippen molar-refractivity contribution in [3.05, 3.63) is 52.9 Å². The lowest BCUT2D eigenvalue weighted by Gasteiger charge is -2.10. The van der Waals surface area contributed by atoms with Crippen LogP contribution in [0.1, 0.15) is 23.7 Å². The summed E-state index contributed by atoms with van der Waals surface area (Å²) in [4.78, 5) is 16.4. The minimum Gasteiger partial charge on any atom is -0.369 e. The average Bonchev–Trinajstić information content (AvgIpc) is 2.44. The van der Waals surface area contributed by atoms with Gasteiger partial charge in [0.1, 0.15) is 11.6 Å². The lowest BCUT2D eigenvalue weighted by molar-refractivity contribution is 0.102. The van der Waals surface area contributed by atoms with Crippen LogP contribution in [0, 0.1) is 5.82 Å². The van der Waals surface area contributed by atoms with Crippen LogP contribution >= 0.6 is 11.6 Å². The van der Waals surface area contributed by atoms with E-state index in [1.807, 2.05) is 6.92 Å². The van der Waals surface area contributed by atoms with Crippen LogP contribution in [0.25, 0.3) is 0 Å². The molecule has 0 fully saturated rings. The molecule has 4 nitrogen and oxygen atoms in total. The molecule has 0 spiro atoms. The summed E-state index contributed by atoms with van der Waals surface area (Å²) in [7, 11) is 0. The van der Waals surface area contributed by atoms with Crippen molar-refractivity contribution < 1.29 is 9.18 Å². The molecule has 0 radical (unpaired) electrons. The second-order valence-electron chi connectivity index (χ2n) is 4.44. The largest absolute Gasteiger partial charge is 0.369 e. The third-order valence-electron chi connectivity index (χ3n) is 2.72. The fourth-order valence-electron chi connectivity index (χ4n) is 1.80. The van der Waals surface area contributed by atoms with Gasteiger partial charge in [-0.1, -0.05) is 18.5 Å². The lowest BCUT2D eigenvalue weighted by atomic mass is 10.2. The Hall–Kier alpha value is -2.14. The fourth-order valence-corrected chi connectivity index (χ4v) is 2.02. The summed E-state index contributed by atoms with van der Waals surface area (Å²) < 4.78 is 13.3. The quantitative estimate of drug-likeness (QED) is 0.879. The van der Waals surface area contributed by atoms with Gasteiger partial charge in [-0.25, -0.2) is 9.37 Å². The molecule has 0 aliphatic heterocycles. The number of pyridine rings is 1. The highest BCUT2D eigenvalue weighted by atomic mass is 35.5. The Morgan fingerprint density at radius 3 is 2.90 bits per heavy atom. The molecule has 0 aliphatic rings. The predicted octanol–water partition coefficient (Wildman–Crippen LogP) is 3.95. The van der Waals surface area contributed by atoms with Crippen molar-refractivity contribution in [3.8, 4) is 0 Å². The SMILES string of the molecule is CCCNc1ncccc1C(=O)Nc1cc(F)cc(Cl)c1. The van der Waals surface area contributed by atoms with Gasteiger partial charge in [-0.05, 0) is 36.8 Å². The van der Waals surface area contributed by atoms with E-state index in [1.165, 1.54) is 18.2 Å². The molecule has 2 N–H and O–H groups in total. The van der Waals surface area contributed by atoms with E-state index in [-0.39, 0.29) is 10.9 Å². The zero-order chi connectivity index (χ0) is 15.2. The van der Waals surface area contributed by atoms with E-state index in [0.717, 1.165) is 6.42 Å². The number of carbonyl (C=O) groups is 1. The summed E-state index contributed by atoms with van der Waals surface area (Å²) in [6.45, 7) is 2.73. The monoisotopic (exact) mass is 307 g/mol. The maximum atomic E-state index is 13.3. The van der Waals surface area contributed by atoms with E-state index < -0.39 is 5.82 Å². The predicted molar refractivity (Wildman–Crippen MR) is 82.4 cm³/mol. The minimum absolute atomic E-state index is 0.223. The third-order valence-corrected chi connectivity index (χ3v) is 2.93. The van der Waals surface area contributed by atoms with Crippen LogP contribution in [0.3, 0.4) is 0 Å². The van der Waals surface area contributed by atoms with E-state index in [9.17, 15) is 9.18 Å². The van der Waals surface area contributed by atoms with Gasteiger partial charge >= 0.3 is 0 Å². The van der Waals surface area contributed by atoms with Gasteiger partial charge < -0.3 is 10.6 Å². The van der Waals surface area contributed by atoms with Crippen molar-refractivity contribution in [2.45, 2.75) is 13.3 Å². The van der Waals surface area contributed by atoms with E-state index in [4.69, 9.17) is 11.6 Å². The van der Waals surface area contributed by atoms with E-state index in [0.29, 0.717) is 23.6 Å². The zero-order valence-corrected chi connectivity index (χ0v) is 12.2. The van der Waals surface area contributed by atoms with E-state index in [1.54, 1.807) is 18.3 Å². The van der Waals surface area contributed by atoms with Crippen molar-refractivity contribution in [2.75, 3.05) is 17.2 Å². The van der Waals surface area contributed by atoms with Crippen molar-refractivity contribution in [3.63, 3.8) is 0 Å². The number of carbonyl (C=O) groups excluding carboxylic acids is 1. The van der Waals surface area contributed by atoms with Gasteiger partial charge in [0, 0.05) is 23.5 Å². The molecule has 1 amide bonds. The van der Waals surface area contributed by atoms with E-state index >= 15 is 0 Å². The molecule has 1 aromatic carbocycles. The standard InChI is InChI=1S/C15H15ClFN3O/c1-2-5-18-14-13(4-3-6-19-14)15(21)20-12-8-10(16)7-11(17)9-12/h3-4,6-9H,2,5H2,1H3,(H,18,19)(H,20,21). The van der Waals surface area contributed by atoms with Crippen LogP contribution in [0.4, 0.5) is 15.9 Å². The van der Waals surface area contributed by atoms with Gasteiger partial charge in [-0.2, -0.15) is 0 Å². The normalized spacial score (nSPS) is 10.2. The maximum Gasteiger partial charge on any atom is 0.259 e.